The first-order valence-electron chi connectivity index (χ1n) is 7.27. The van der Waals surface area contributed by atoms with E-state index in [4.69, 9.17) is 23.2 Å². The predicted molar refractivity (Wildman–Crippen MR) is 96.1 cm³/mol. The van der Waals surface area contributed by atoms with E-state index in [0.717, 1.165) is 0 Å². The molecule has 0 aliphatic carbocycles. The number of nitrogens with one attached hydrogen (secondary N) is 1. The highest BCUT2D eigenvalue weighted by Gasteiger charge is 2.17. The third-order valence-electron chi connectivity index (χ3n) is 3.53. The number of aromatic nitrogens is 2. The van der Waals surface area contributed by atoms with Gasteiger partial charge in [0.05, 0.1) is 10.9 Å². The highest BCUT2D eigenvalue weighted by molar-refractivity contribution is 6.31. The molecule has 0 unspecified atom stereocenters. The molecule has 1 aromatic heterocycles. The van der Waals surface area contributed by atoms with Crippen LogP contribution in [0, 0.1) is 0 Å². The summed E-state index contributed by atoms with van der Waals surface area (Å²) in [6.07, 6.45) is 0. The lowest BCUT2D eigenvalue weighted by Gasteiger charge is -2.10. The number of carbonyl (C=O) groups is 1. The molecule has 0 atom stereocenters. The van der Waals surface area contributed by atoms with Crippen LogP contribution in [-0.2, 0) is 6.54 Å². The zero-order valence-electron chi connectivity index (χ0n) is 12.7. The summed E-state index contributed by atoms with van der Waals surface area (Å²) in [5, 5.41) is 8.18. The first kappa shape index (κ1) is 16.5. The van der Waals surface area contributed by atoms with Gasteiger partial charge < -0.3 is 5.32 Å². The smallest absolute Gasteiger partial charge is 0.280 e. The molecule has 0 bridgehead atoms. The number of halogens is 2. The summed E-state index contributed by atoms with van der Waals surface area (Å²) in [5.74, 6) is -0.577. The van der Waals surface area contributed by atoms with Gasteiger partial charge in [0.15, 0.2) is 5.69 Å². The highest BCUT2D eigenvalue weighted by Crippen LogP contribution is 2.17. The molecule has 0 saturated heterocycles. The Hall–Kier alpha value is -2.37. The molecule has 0 aliphatic rings. The third-order valence-corrected chi connectivity index (χ3v) is 4.02. The van der Waals surface area contributed by atoms with E-state index < -0.39 is 11.3 Å². The van der Waals surface area contributed by atoms with Gasteiger partial charge >= 0.3 is 0 Å². The normalized spacial score (nSPS) is 10.8. The largest absolute Gasteiger partial charge is 0.320 e. The van der Waals surface area contributed by atoms with Crippen molar-refractivity contribution in [3.63, 3.8) is 0 Å². The van der Waals surface area contributed by atoms with E-state index in [1.165, 1.54) is 0 Å². The molecule has 0 spiro atoms. The number of anilines is 1. The van der Waals surface area contributed by atoms with Gasteiger partial charge in [0, 0.05) is 22.3 Å². The van der Waals surface area contributed by atoms with Crippen molar-refractivity contribution in [3.05, 3.63) is 68.4 Å². The lowest BCUT2D eigenvalue weighted by atomic mass is 10.2. The molecule has 0 fully saturated rings. The van der Waals surface area contributed by atoms with E-state index in [1.807, 2.05) is 6.92 Å². The molecule has 0 aliphatic heterocycles. The van der Waals surface area contributed by atoms with Crippen molar-refractivity contribution in [2.45, 2.75) is 13.5 Å². The summed E-state index contributed by atoms with van der Waals surface area (Å²) in [6.45, 7) is 2.39. The zero-order valence-corrected chi connectivity index (χ0v) is 14.2. The van der Waals surface area contributed by atoms with Gasteiger partial charge in [0.1, 0.15) is 0 Å². The average molecular weight is 362 g/mol. The van der Waals surface area contributed by atoms with E-state index in [0.29, 0.717) is 33.2 Å². The highest BCUT2D eigenvalue weighted by atomic mass is 35.5. The fourth-order valence-corrected chi connectivity index (χ4v) is 2.67. The van der Waals surface area contributed by atoms with Gasteiger partial charge in [-0.3, -0.25) is 14.3 Å². The van der Waals surface area contributed by atoms with Crippen LogP contribution >= 0.6 is 23.2 Å². The van der Waals surface area contributed by atoms with Crippen molar-refractivity contribution in [1.29, 1.82) is 0 Å². The van der Waals surface area contributed by atoms with Gasteiger partial charge in [0.25, 0.3) is 5.91 Å². The standard InChI is InChI=1S/C17H13Cl2N3O2/c1-2-22-14-8-5-11(19)9-13(14)16(23)15(21-22)17(24)20-12-6-3-10(18)4-7-12/h3-9H,2H2,1H3,(H,20,24). The van der Waals surface area contributed by atoms with Gasteiger partial charge in [0.2, 0.25) is 5.43 Å². The van der Waals surface area contributed by atoms with Crippen LogP contribution < -0.4 is 10.7 Å². The van der Waals surface area contributed by atoms with Crippen molar-refractivity contribution in [3.8, 4) is 0 Å². The summed E-state index contributed by atoms with van der Waals surface area (Å²) >= 11 is 11.8. The molecule has 2 aromatic carbocycles. The van der Waals surface area contributed by atoms with Crippen molar-refractivity contribution in [1.82, 2.24) is 9.78 Å². The third kappa shape index (κ3) is 3.13. The first-order chi connectivity index (χ1) is 11.5. The second kappa shape index (κ2) is 6.63. The number of nitrogens with zero attached hydrogens (tertiary/aromatic N) is 2. The number of aryl methyl sites for hydroxylation is 1. The van der Waals surface area contributed by atoms with Gasteiger partial charge in [-0.25, -0.2) is 0 Å². The molecule has 7 heteroatoms. The van der Waals surface area contributed by atoms with Crippen LogP contribution in [0.3, 0.4) is 0 Å². The van der Waals surface area contributed by atoms with Crippen molar-refractivity contribution in [2.24, 2.45) is 0 Å². The molecule has 3 rings (SSSR count). The van der Waals surface area contributed by atoms with Crippen LogP contribution in [0.2, 0.25) is 10.0 Å². The molecule has 1 heterocycles. The molecule has 122 valence electrons. The number of hydrogen-bond acceptors (Lipinski definition) is 3. The van der Waals surface area contributed by atoms with Crippen LogP contribution in [-0.4, -0.2) is 15.7 Å². The zero-order chi connectivity index (χ0) is 17.3. The number of fused-ring (bicyclic) bond motifs is 1. The van der Waals surface area contributed by atoms with Crippen molar-refractivity contribution < 1.29 is 4.79 Å². The second-order valence-electron chi connectivity index (χ2n) is 5.12. The Kier molecular flexibility index (Phi) is 4.55. The van der Waals surface area contributed by atoms with Crippen molar-refractivity contribution in [2.75, 3.05) is 5.32 Å². The molecular weight excluding hydrogens is 349 g/mol. The average Bonchev–Trinajstić information content (AvgIpc) is 2.57. The SMILES string of the molecule is CCn1nc(C(=O)Nc2ccc(Cl)cc2)c(=O)c2cc(Cl)ccc21. The molecule has 0 saturated carbocycles. The fourth-order valence-electron chi connectivity index (χ4n) is 2.38. The minimum Gasteiger partial charge on any atom is -0.320 e. The van der Waals surface area contributed by atoms with Crippen LogP contribution in [0.25, 0.3) is 10.9 Å². The summed E-state index contributed by atoms with van der Waals surface area (Å²) in [6, 6.07) is 11.5. The number of carbonyl (C=O) groups excluding carboxylic acids is 1. The van der Waals surface area contributed by atoms with E-state index in [1.54, 1.807) is 47.1 Å². The molecule has 1 amide bonds. The molecular formula is C17H13Cl2N3O2. The molecule has 0 radical (unpaired) electrons. The molecule has 24 heavy (non-hydrogen) atoms. The number of amides is 1. The monoisotopic (exact) mass is 361 g/mol. The minimum atomic E-state index is -0.577. The first-order valence-corrected chi connectivity index (χ1v) is 8.02. The Bertz CT molecular complexity index is 982. The minimum absolute atomic E-state index is 0.179. The van der Waals surface area contributed by atoms with E-state index in [9.17, 15) is 9.59 Å². The number of benzene rings is 2. The number of hydrogen-bond donors (Lipinski definition) is 1. The van der Waals surface area contributed by atoms with E-state index >= 15 is 0 Å². The molecule has 5 nitrogen and oxygen atoms in total. The van der Waals surface area contributed by atoms with Gasteiger partial charge in [-0.2, -0.15) is 5.10 Å². The summed E-state index contributed by atoms with van der Waals surface area (Å²) in [4.78, 5) is 25.1. The van der Waals surface area contributed by atoms with E-state index in [2.05, 4.69) is 10.4 Å². The lowest BCUT2D eigenvalue weighted by Crippen LogP contribution is -2.27. The maximum Gasteiger partial charge on any atom is 0.280 e. The summed E-state index contributed by atoms with van der Waals surface area (Å²) < 4.78 is 1.60. The molecule has 1 N–H and O–H groups in total. The Labute approximate surface area is 147 Å². The Morgan fingerprint density at radius 1 is 1.12 bits per heavy atom. The van der Waals surface area contributed by atoms with Crippen LogP contribution in [0.4, 0.5) is 5.69 Å². The van der Waals surface area contributed by atoms with Crippen LogP contribution in [0.15, 0.2) is 47.3 Å². The van der Waals surface area contributed by atoms with Gasteiger partial charge in [-0.15, -0.1) is 0 Å². The summed E-state index contributed by atoms with van der Waals surface area (Å²) in [5.41, 5.74) is 0.528. The lowest BCUT2D eigenvalue weighted by molar-refractivity contribution is 0.101. The second-order valence-corrected chi connectivity index (χ2v) is 5.99. The topological polar surface area (TPSA) is 64.0 Å². The van der Waals surface area contributed by atoms with Crippen LogP contribution in [0.1, 0.15) is 17.4 Å². The Morgan fingerprint density at radius 2 is 1.79 bits per heavy atom. The maximum atomic E-state index is 12.6. The fraction of sp³-hybridized carbons (Fsp3) is 0.118. The van der Waals surface area contributed by atoms with Gasteiger partial charge in [-0.1, -0.05) is 23.2 Å². The Morgan fingerprint density at radius 3 is 2.46 bits per heavy atom. The van der Waals surface area contributed by atoms with E-state index in [-0.39, 0.29) is 5.69 Å². The predicted octanol–water partition coefficient (Wildman–Crippen LogP) is 3.98. The number of rotatable bonds is 3. The van der Waals surface area contributed by atoms with Crippen LogP contribution in [0.5, 0.6) is 0 Å². The van der Waals surface area contributed by atoms with Gasteiger partial charge in [-0.05, 0) is 49.4 Å². The quantitative estimate of drug-likeness (QED) is 0.767. The molecule has 3 aromatic rings. The van der Waals surface area contributed by atoms with Crippen molar-refractivity contribution >= 4 is 45.7 Å². The Balaban J connectivity index is 2.08. The maximum absolute atomic E-state index is 12.6. The summed E-state index contributed by atoms with van der Waals surface area (Å²) in [7, 11) is 0.